The Bertz CT molecular complexity index is 341. The highest BCUT2D eigenvalue weighted by molar-refractivity contribution is 6.14. The Kier molecular flexibility index (Phi) is 2.80. The van der Waals surface area contributed by atoms with Gasteiger partial charge in [-0.05, 0) is 16.7 Å². The van der Waals surface area contributed by atoms with E-state index in [0.29, 0.717) is 0 Å². The van der Waals surface area contributed by atoms with Crippen LogP contribution in [-0.4, -0.2) is 10.2 Å². The fourth-order valence-electron chi connectivity index (χ4n) is 1.48. The average Bonchev–Trinajstić information content (AvgIpc) is 2.30. The van der Waals surface area contributed by atoms with Gasteiger partial charge in [0.15, 0.2) is 0 Å². The summed E-state index contributed by atoms with van der Waals surface area (Å²) in [6.45, 7) is 0. The number of benzene rings is 2. The summed E-state index contributed by atoms with van der Waals surface area (Å²) >= 11 is 0. The quantitative estimate of drug-likeness (QED) is 0.646. The molecule has 0 bridgehead atoms. The molecule has 0 aliphatic carbocycles. The molecule has 0 unspecified atom stereocenters. The van der Waals surface area contributed by atoms with E-state index in [4.69, 9.17) is 0 Å². The first-order chi connectivity index (χ1) is 6.88. The van der Waals surface area contributed by atoms with Gasteiger partial charge < -0.3 is 0 Å². The molecule has 0 amide bonds. The predicted octanol–water partition coefficient (Wildman–Crippen LogP) is 2.94. The highest BCUT2D eigenvalue weighted by Crippen LogP contribution is 2.20. The standard InChI is InChI=1S/C13H11Si/c14-13(11-7-3-1-4-8-11)12-9-5-2-6-10-12/h1-10,13H. The van der Waals surface area contributed by atoms with E-state index in [-0.39, 0.29) is 5.54 Å². The topological polar surface area (TPSA) is 0 Å². The summed E-state index contributed by atoms with van der Waals surface area (Å²) < 4.78 is 0. The third kappa shape index (κ3) is 1.94. The van der Waals surface area contributed by atoms with Crippen LogP contribution in [-0.2, 0) is 0 Å². The second-order valence-corrected chi connectivity index (χ2v) is 3.83. The lowest BCUT2D eigenvalue weighted by Gasteiger charge is -2.11. The minimum atomic E-state index is 0.289. The van der Waals surface area contributed by atoms with Crippen molar-refractivity contribution < 1.29 is 0 Å². The molecule has 0 fully saturated rings. The molecule has 67 valence electrons. The van der Waals surface area contributed by atoms with Crippen LogP contribution in [0.1, 0.15) is 16.7 Å². The highest BCUT2D eigenvalue weighted by Gasteiger charge is 2.05. The average molecular weight is 195 g/mol. The van der Waals surface area contributed by atoms with Crippen LogP contribution in [0.2, 0.25) is 0 Å². The Morgan fingerprint density at radius 2 is 1.00 bits per heavy atom. The van der Waals surface area contributed by atoms with E-state index in [9.17, 15) is 0 Å². The summed E-state index contributed by atoms with van der Waals surface area (Å²) in [4.78, 5) is 0. The van der Waals surface area contributed by atoms with Gasteiger partial charge in [0, 0.05) is 10.2 Å². The van der Waals surface area contributed by atoms with Gasteiger partial charge >= 0.3 is 0 Å². The summed E-state index contributed by atoms with van der Waals surface area (Å²) in [5.41, 5.74) is 2.86. The molecule has 0 aliphatic rings. The molecule has 0 N–H and O–H groups in total. The zero-order valence-corrected chi connectivity index (χ0v) is 8.85. The van der Waals surface area contributed by atoms with E-state index in [0.717, 1.165) is 0 Å². The van der Waals surface area contributed by atoms with E-state index in [2.05, 4.69) is 58.8 Å². The van der Waals surface area contributed by atoms with Crippen molar-refractivity contribution in [1.82, 2.24) is 0 Å². The maximum atomic E-state index is 3.75. The van der Waals surface area contributed by atoms with Crippen LogP contribution in [0.15, 0.2) is 60.7 Å². The molecule has 14 heavy (non-hydrogen) atoms. The van der Waals surface area contributed by atoms with Crippen molar-refractivity contribution in [3.63, 3.8) is 0 Å². The molecule has 3 radical (unpaired) electrons. The van der Waals surface area contributed by atoms with Gasteiger partial charge in [0.25, 0.3) is 0 Å². The third-order valence-corrected chi connectivity index (χ3v) is 2.93. The van der Waals surface area contributed by atoms with Crippen LogP contribution < -0.4 is 0 Å². The predicted molar refractivity (Wildman–Crippen MR) is 60.5 cm³/mol. The van der Waals surface area contributed by atoms with Gasteiger partial charge in [0.2, 0.25) is 0 Å². The lowest BCUT2D eigenvalue weighted by atomic mass is 10.0. The molecule has 0 aliphatic heterocycles. The Hall–Kier alpha value is -1.34. The number of hydrogen-bond donors (Lipinski definition) is 0. The van der Waals surface area contributed by atoms with Crippen molar-refractivity contribution in [2.24, 2.45) is 0 Å². The van der Waals surface area contributed by atoms with Crippen LogP contribution in [0.25, 0.3) is 0 Å². The van der Waals surface area contributed by atoms with Crippen LogP contribution >= 0.6 is 0 Å². The van der Waals surface area contributed by atoms with Crippen LogP contribution in [0.5, 0.6) is 0 Å². The van der Waals surface area contributed by atoms with Gasteiger partial charge in [-0.1, -0.05) is 60.7 Å². The van der Waals surface area contributed by atoms with Gasteiger partial charge in [-0.25, -0.2) is 0 Å². The molecule has 0 spiro atoms. The summed E-state index contributed by atoms with van der Waals surface area (Å²) in [5, 5.41) is 0. The normalized spacial score (nSPS) is 10.4. The molecule has 2 rings (SSSR count). The smallest absolute Gasteiger partial charge is 0.0396 e. The minimum absolute atomic E-state index is 0.289. The molecular formula is C13H11Si. The highest BCUT2D eigenvalue weighted by atomic mass is 28.1. The molecule has 0 heterocycles. The lowest BCUT2D eigenvalue weighted by molar-refractivity contribution is 1.14. The number of hydrogen-bond acceptors (Lipinski definition) is 0. The summed E-state index contributed by atoms with van der Waals surface area (Å²) in [5.74, 6) is 0. The summed E-state index contributed by atoms with van der Waals surface area (Å²) in [6.07, 6.45) is 0. The molecule has 0 nitrogen and oxygen atoms in total. The van der Waals surface area contributed by atoms with Crippen molar-refractivity contribution in [1.29, 1.82) is 0 Å². The third-order valence-electron chi connectivity index (χ3n) is 2.27. The van der Waals surface area contributed by atoms with Gasteiger partial charge in [0.1, 0.15) is 0 Å². The zero-order chi connectivity index (χ0) is 9.80. The fourth-order valence-corrected chi connectivity index (χ4v) is 1.87. The molecule has 2 aromatic carbocycles. The van der Waals surface area contributed by atoms with E-state index in [1.807, 2.05) is 12.1 Å². The minimum Gasteiger partial charge on any atom is -0.0622 e. The van der Waals surface area contributed by atoms with E-state index < -0.39 is 0 Å². The summed E-state index contributed by atoms with van der Waals surface area (Å²) in [6, 6.07) is 20.8. The molecule has 1 heteroatoms. The first-order valence-corrected chi connectivity index (χ1v) is 5.26. The molecule has 2 aromatic rings. The SMILES string of the molecule is [Si]C(c1ccccc1)c1ccccc1. The molecular weight excluding hydrogens is 184 g/mol. The largest absolute Gasteiger partial charge is 0.0622 e. The van der Waals surface area contributed by atoms with Gasteiger partial charge in [-0.2, -0.15) is 0 Å². The second kappa shape index (κ2) is 4.25. The lowest BCUT2D eigenvalue weighted by Crippen LogP contribution is -1.99. The fraction of sp³-hybridized carbons (Fsp3) is 0.0769. The summed E-state index contributed by atoms with van der Waals surface area (Å²) in [7, 11) is 3.75. The molecule has 0 atom stereocenters. The maximum Gasteiger partial charge on any atom is 0.0396 e. The van der Waals surface area contributed by atoms with E-state index >= 15 is 0 Å². The van der Waals surface area contributed by atoms with E-state index in [1.165, 1.54) is 11.1 Å². The molecule has 0 saturated carbocycles. The van der Waals surface area contributed by atoms with Crippen molar-refractivity contribution in [3.05, 3.63) is 71.8 Å². The second-order valence-electron chi connectivity index (χ2n) is 3.25. The number of rotatable bonds is 2. The van der Waals surface area contributed by atoms with Crippen LogP contribution in [0, 0.1) is 0 Å². The van der Waals surface area contributed by atoms with Crippen molar-refractivity contribution in [2.75, 3.05) is 0 Å². The molecule has 0 saturated heterocycles. The first kappa shape index (κ1) is 9.22. The van der Waals surface area contributed by atoms with Gasteiger partial charge in [0.05, 0.1) is 0 Å². The Morgan fingerprint density at radius 3 is 1.36 bits per heavy atom. The van der Waals surface area contributed by atoms with Crippen molar-refractivity contribution in [3.8, 4) is 0 Å². The Labute approximate surface area is 88.0 Å². The monoisotopic (exact) mass is 195 g/mol. The van der Waals surface area contributed by atoms with Crippen molar-refractivity contribution >= 4 is 10.2 Å². The Morgan fingerprint density at radius 1 is 0.643 bits per heavy atom. The molecule has 0 aromatic heterocycles. The maximum absolute atomic E-state index is 3.75. The zero-order valence-electron chi connectivity index (χ0n) is 7.85. The first-order valence-electron chi connectivity index (χ1n) is 4.69. The van der Waals surface area contributed by atoms with Crippen LogP contribution in [0.4, 0.5) is 0 Å². The van der Waals surface area contributed by atoms with Gasteiger partial charge in [-0.15, -0.1) is 0 Å². The van der Waals surface area contributed by atoms with Gasteiger partial charge in [-0.3, -0.25) is 0 Å². The van der Waals surface area contributed by atoms with Crippen LogP contribution in [0.3, 0.4) is 0 Å². The van der Waals surface area contributed by atoms with E-state index in [1.54, 1.807) is 0 Å². The Balaban J connectivity index is 2.30. The van der Waals surface area contributed by atoms with Crippen molar-refractivity contribution in [2.45, 2.75) is 5.54 Å².